The minimum atomic E-state index is -3.78. The molecule has 3 rings (SSSR count). The van der Waals surface area contributed by atoms with E-state index in [0.29, 0.717) is 5.76 Å². The summed E-state index contributed by atoms with van der Waals surface area (Å²) < 4.78 is 32.7. The molecule has 2 N–H and O–H groups in total. The zero-order valence-electron chi connectivity index (χ0n) is 16.2. The number of thiophene rings is 1. The van der Waals surface area contributed by atoms with Crippen LogP contribution in [0.4, 0.5) is 0 Å². The predicted octanol–water partition coefficient (Wildman–Crippen LogP) is 2.21. The number of hydrogen-bond donors (Lipinski definition) is 2. The topological polar surface area (TPSA) is 109 Å². The van der Waals surface area contributed by atoms with Crippen LogP contribution in [0.2, 0.25) is 0 Å². The average molecular weight is 448 g/mol. The van der Waals surface area contributed by atoms with Crippen molar-refractivity contribution in [2.24, 2.45) is 0 Å². The second kappa shape index (κ2) is 9.70. The lowest BCUT2D eigenvalue weighted by Crippen LogP contribution is -2.38. The van der Waals surface area contributed by atoms with E-state index in [4.69, 9.17) is 4.42 Å². The first-order valence-electron chi connectivity index (χ1n) is 9.02. The van der Waals surface area contributed by atoms with Crippen molar-refractivity contribution in [2.45, 2.75) is 18.0 Å². The molecule has 2 aromatic heterocycles. The number of carbonyl (C=O) groups is 2. The Bertz CT molecular complexity index is 1090. The van der Waals surface area contributed by atoms with Gasteiger partial charge in [0.2, 0.25) is 15.9 Å². The molecule has 0 atom stereocenters. The normalized spacial score (nSPS) is 11.2. The van der Waals surface area contributed by atoms with E-state index in [1.165, 1.54) is 53.8 Å². The van der Waals surface area contributed by atoms with Gasteiger partial charge in [0.1, 0.15) is 5.76 Å². The molecule has 0 aliphatic rings. The van der Waals surface area contributed by atoms with Crippen molar-refractivity contribution >= 4 is 33.2 Å². The van der Waals surface area contributed by atoms with Gasteiger partial charge in [-0.15, -0.1) is 11.3 Å². The summed E-state index contributed by atoms with van der Waals surface area (Å²) >= 11 is 1.45. The molecular weight excluding hydrogens is 426 g/mol. The zero-order valence-corrected chi connectivity index (χ0v) is 17.8. The van der Waals surface area contributed by atoms with Crippen molar-refractivity contribution in [2.75, 3.05) is 13.6 Å². The first-order valence-corrected chi connectivity index (χ1v) is 11.4. The summed E-state index contributed by atoms with van der Waals surface area (Å²) in [5.74, 6) is -0.215. The molecule has 3 aromatic rings. The Morgan fingerprint density at radius 2 is 1.93 bits per heavy atom. The van der Waals surface area contributed by atoms with Crippen LogP contribution in [-0.4, -0.2) is 38.7 Å². The van der Waals surface area contributed by atoms with Gasteiger partial charge in [-0.1, -0.05) is 12.1 Å². The molecular formula is C20H21N3O5S2. The van der Waals surface area contributed by atoms with E-state index in [9.17, 15) is 18.0 Å². The van der Waals surface area contributed by atoms with Crippen LogP contribution < -0.4 is 10.0 Å². The van der Waals surface area contributed by atoms with Gasteiger partial charge < -0.3 is 14.6 Å². The SMILES string of the molecule is CN(CC(=O)NCc1ccco1)C(=O)c1cccc(S(=O)(=O)NCc2cccs2)c1. The van der Waals surface area contributed by atoms with E-state index >= 15 is 0 Å². The number of amides is 2. The minimum absolute atomic E-state index is 0.0134. The van der Waals surface area contributed by atoms with E-state index < -0.39 is 15.9 Å². The molecule has 0 saturated heterocycles. The van der Waals surface area contributed by atoms with Crippen LogP contribution in [0, 0.1) is 0 Å². The van der Waals surface area contributed by atoms with Crippen LogP contribution in [0.3, 0.4) is 0 Å². The van der Waals surface area contributed by atoms with Gasteiger partial charge in [0, 0.05) is 24.0 Å². The summed E-state index contributed by atoms with van der Waals surface area (Å²) in [4.78, 5) is 26.8. The largest absolute Gasteiger partial charge is 0.467 e. The fourth-order valence-corrected chi connectivity index (χ4v) is 4.41. The molecule has 2 heterocycles. The van der Waals surface area contributed by atoms with Gasteiger partial charge >= 0.3 is 0 Å². The number of benzene rings is 1. The molecule has 10 heteroatoms. The second-order valence-electron chi connectivity index (χ2n) is 6.45. The highest BCUT2D eigenvalue weighted by Crippen LogP contribution is 2.15. The summed E-state index contributed by atoms with van der Waals surface area (Å²) in [6.45, 7) is 0.221. The number of nitrogens with one attached hydrogen (secondary N) is 2. The number of furan rings is 1. The molecule has 0 unspecified atom stereocenters. The zero-order chi connectivity index (χ0) is 21.6. The molecule has 0 spiro atoms. The molecule has 30 heavy (non-hydrogen) atoms. The molecule has 158 valence electrons. The molecule has 2 amide bonds. The van der Waals surface area contributed by atoms with Crippen LogP contribution in [0.5, 0.6) is 0 Å². The molecule has 0 fully saturated rings. The number of sulfonamides is 1. The van der Waals surface area contributed by atoms with E-state index in [-0.39, 0.29) is 36.0 Å². The monoisotopic (exact) mass is 447 g/mol. The molecule has 0 radical (unpaired) electrons. The van der Waals surface area contributed by atoms with Crippen molar-refractivity contribution in [1.29, 1.82) is 0 Å². The average Bonchev–Trinajstić information content (AvgIpc) is 3.44. The number of rotatable bonds is 9. The molecule has 0 aliphatic heterocycles. The van der Waals surface area contributed by atoms with Crippen molar-refractivity contribution in [3.05, 3.63) is 76.4 Å². The lowest BCUT2D eigenvalue weighted by atomic mass is 10.2. The van der Waals surface area contributed by atoms with Crippen LogP contribution in [-0.2, 0) is 27.9 Å². The summed E-state index contributed by atoms with van der Waals surface area (Å²) in [6, 6.07) is 12.9. The van der Waals surface area contributed by atoms with Gasteiger partial charge in [0.25, 0.3) is 5.91 Å². The number of likely N-dealkylation sites (N-methyl/N-ethyl adjacent to an activating group) is 1. The molecule has 0 bridgehead atoms. The Kier molecular flexibility index (Phi) is 7.03. The Morgan fingerprint density at radius 1 is 1.10 bits per heavy atom. The smallest absolute Gasteiger partial charge is 0.254 e. The van der Waals surface area contributed by atoms with Crippen LogP contribution in [0.1, 0.15) is 21.0 Å². The molecule has 8 nitrogen and oxygen atoms in total. The Hall–Kier alpha value is -2.95. The van der Waals surface area contributed by atoms with E-state index in [0.717, 1.165) is 4.88 Å². The standard InChI is InChI=1S/C20H21N3O5S2/c1-23(14-19(24)21-12-16-6-3-9-28-16)20(25)15-5-2-8-18(11-15)30(26,27)22-13-17-7-4-10-29-17/h2-11,22H,12-14H2,1H3,(H,21,24). The van der Waals surface area contributed by atoms with Crippen molar-refractivity contribution < 1.29 is 22.4 Å². The maximum Gasteiger partial charge on any atom is 0.254 e. The third kappa shape index (κ3) is 5.78. The third-order valence-corrected chi connectivity index (χ3v) is 6.45. The summed E-state index contributed by atoms with van der Waals surface area (Å²) in [5, 5.41) is 4.52. The van der Waals surface area contributed by atoms with E-state index in [1.54, 1.807) is 12.1 Å². The predicted molar refractivity (Wildman–Crippen MR) is 112 cm³/mol. The lowest BCUT2D eigenvalue weighted by Gasteiger charge is -2.17. The van der Waals surface area contributed by atoms with Gasteiger partial charge in [-0.2, -0.15) is 0 Å². The highest BCUT2D eigenvalue weighted by molar-refractivity contribution is 7.89. The van der Waals surface area contributed by atoms with Gasteiger partial charge in [-0.25, -0.2) is 13.1 Å². The summed E-state index contributed by atoms with van der Waals surface area (Å²) in [5.41, 5.74) is 0.176. The molecule has 1 aromatic carbocycles. The van der Waals surface area contributed by atoms with Crippen molar-refractivity contribution in [1.82, 2.24) is 14.9 Å². The van der Waals surface area contributed by atoms with Crippen molar-refractivity contribution in [3.63, 3.8) is 0 Å². The fourth-order valence-electron chi connectivity index (χ4n) is 2.62. The summed E-state index contributed by atoms with van der Waals surface area (Å²) in [7, 11) is -2.30. The highest BCUT2D eigenvalue weighted by Gasteiger charge is 2.19. The first kappa shape index (κ1) is 21.8. The van der Waals surface area contributed by atoms with Gasteiger partial charge in [-0.3, -0.25) is 9.59 Å². The number of nitrogens with zero attached hydrogens (tertiary/aromatic N) is 1. The minimum Gasteiger partial charge on any atom is -0.467 e. The van der Waals surface area contributed by atoms with Crippen LogP contribution in [0.25, 0.3) is 0 Å². The Balaban J connectivity index is 1.60. The summed E-state index contributed by atoms with van der Waals surface area (Å²) in [6.07, 6.45) is 1.51. The maximum atomic E-state index is 12.7. The lowest BCUT2D eigenvalue weighted by molar-refractivity contribution is -0.121. The van der Waals surface area contributed by atoms with E-state index in [1.807, 2.05) is 17.5 Å². The Labute approximate surface area is 178 Å². The van der Waals surface area contributed by atoms with Gasteiger partial charge in [-0.05, 0) is 41.8 Å². The molecule has 0 saturated carbocycles. The van der Waals surface area contributed by atoms with Gasteiger partial charge in [0.15, 0.2) is 0 Å². The molecule has 0 aliphatic carbocycles. The van der Waals surface area contributed by atoms with Gasteiger partial charge in [0.05, 0.1) is 24.2 Å². The van der Waals surface area contributed by atoms with E-state index in [2.05, 4.69) is 10.0 Å². The fraction of sp³-hybridized carbons (Fsp3) is 0.200. The van der Waals surface area contributed by atoms with Crippen molar-refractivity contribution in [3.8, 4) is 0 Å². The van der Waals surface area contributed by atoms with Crippen LogP contribution in [0.15, 0.2) is 69.5 Å². The second-order valence-corrected chi connectivity index (χ2v) is 9.25. The Morgan fingerprint density at radius 3 is 2.63 bits per heavy atom. The quantitative estimate of drug-likeness (QED) is 0.523. The number of hydrogen-bond acceptors (Lipinski definition) is 6. The third-order valence-electron chi connectivity index (χ3n) is 4.18. The highest BCUT2D eigenvalue weighted by atomic mass is 32.2. The first-order chi connectivity index (χ1) is 14.3. The number of carbonyl (C=O) groups excluding carboxylic acids is 2. The maximum absolute atomic E-state index is 12.7. The van der Waals surface area contributed by atoms with Crippen LogP contribution >= 0.6 is 11.3 Å².